The molecule has 0 radical (unpaired) electrons. The van der Waals surface area contributed by atoms with Gasteiger partial charge in [-0.1, -0.05) is 25.7 Å². The predicted molar refractivity (Wildman–Crippen MR) is 84.9 cm³/mol. The summed E-state index contributed by atoms with van der Waals surface area (Å²) in [5.41, 5.74) is 1.07. The summed E-state index contributed by atoms with van der Waals surface area (Å²) in [5, 5.41) is 3.45. The first-order valence-electron chi connectivity index (χ1n) is 7.72. The molecule has 0 atom stereocenters. The van der Waals surface area contributed by atoms with E-state index in [-0.39, 0.29) is 0 Å². The Morgan fingerprint density at radius 2 is 1.62 bits per heavy atom. The summed E-state index contributed by atoms with van der Waals surface area (Å²) >= 11 is 0. The minimum absolute atomic E-state index is 0.608. The van der Waals surface area contributed by atoms with Gasteiger partial charge in [0.05, 0.1) is 11.0 Å². The molecule has 3 N–H and O–H groups in total. The lowest BCUT2D eigenvalue weighted by Gasteiger charge is -2.16. The first-order valence-corrected chi connectivity index (χ1v) is 7.72. The molecule has 0 aliphatic heterocycles. The molecule has 1 aromatic heterocycles. The monoisotopic (exact) mass is 287 g/mol. The second-order valence-electron chi connectivity index (χ2n) is 5.91. The third-order valence-electron chi connectivity index (χ3n) is 4.29. The van der Waals surface area contributed by atoms with Crippen LogP contribution in [0.2, 0.25) is 0 Å². The number of benzene rings is 1. The molecule has 0 amide bonds. The molecule has 0 bridgehead atoms. The van der Waals surface area contributed by atoms with Gasteiger partial charge in [-0.25, -0.2) is 0 Å². The Morgan fingerprint density at radius 3 is 2.33 bits per heavy atom. The zero-order valence-electron chi connectivity index (χ0n) is 12.1. The molecule has 1 aromatic carbocycles. The van der Waals surface area contributed by atoms with E-state index in [9.17, 15) is 9.59 Å². The van der Waals surface area contributed by atoms with E-state index in [1.807, 2.05) is 18.2 Å². The Morgan fingerprint density at radius 1 is 0.952 bits per heavy atom. The van der Waals surface area contributed by atoms with E-state index in [0.29, 0.717) is 11.0 Å². The minimum Gasteiger partial charge on any atom is -0.385 e. The summed E-state index contributed by atoms with van der Waals surface area (Å²) in [4.78, 5) is 27.8. The Balaban J connectivity index is 1.73. The van der Waals surface area contributed by atoms with Crippen LogP contribution in [0.25, 0.3) is 11.0 Å². The van der Waals surface area contributed by atoms with Crippen LogP contribution >= 0.6 is 0 Å². The SMILES string of the molecule is O=c1[nH]c2ccc(NCC3CCCCCC3)cc2[nH]c1=O. The fourth-order valence-corrected chi connectivity index (χ4v) is 3.06. The standard InChI is InChI=1S/C16H21N3O2/c20-15-16(21)19-14-9-12(7-8-13(14)18-15)17-10-11-5-3-1-2-4-6-11/h7-9,11,17H,1-6,10H2,(H,18,20)(H,19,21). The number of anilines is 1. The van der Waals surface area contributed by atoms with E-state index in [2.05, 4.69) is 15.3 Å². The highest BCUT2D eigenvalue weighted by Crippen LogP contribution is 2.23. The first-order chi connectivity index (χ1) is 10.2. The Kier molecular flexibility index (Phi) is 4.08. The van der Waals surface area contributed by atoms with Crippen LogP contribution < -0.4 is 16.4 Å². The summed E-state index contributed by atoms with van der Waals surface area (Å²) in [7, 11) is 0. The lowest BCUT2D eigenvalue weighted by atomic mass is 10.0. The Hall–Kier alpha value is -2.04. The van der Waals surface area contributed by atoms with E-state index < -0.39 is 11.1 Å². The summed E-state index contributed by atoms with van der Waals surface area (Å²) < 4.78 is 0. The second kappa shape index (κ2) is 6.16. The van der Waals surface area contributed by atoms with Gasteiger partial charge in [-0.3, -0.25) is 9.59 Å². The zero-order valence-corrected chi connectivity index (χ0v) is 12.1. The number of aromatic amines is 2. The molecule has 1 heterocycles. The van der Waals surface area contributed by atoms with Gasteiger partial charge in [-0.2, -0.15) is 0 Å². The molecule has 0 unspecified atom stereocenters. The van der Waals surface area contributed by atoms with Crippen LogP contribution in [0.5, 0.6) is 0 Å². The molecule has 1 fully saturated rings. The van der Waals surface area contributed by atoms with E-state index >= 15 is 0 Å². The van der Waals surface area contributed by atoms with Crippen LogP contribution in [0.4, 0.5) is 5.69 Å². The number of nitrogens with one attached hydrogen (secondary N) is 3. The van der Waals surface area contributed by atoms with Crippen molar-refractivity contribution >= 4 is 16.7 Å². The van der Waals surface area contributed by atoms with E-state index in [0.717, 1.165) is 18.2 Å². The lowest BCUT2D eigenvalue weighted by Crippen LogP contribution is -2.28. The summed E-state index contributed by atoms with van der Waals surface area (Å²) in [6, 6.07) is 5.64. The minimum atomic E-state index is -0.610. The molecule has 1 aliphatic carbocycles. The zero-order chi connectivity index (χ0) is 14.7. The van der Waals surface area contributed by atoms with Crippen LogP contribution in [0.15, 0.2) is 27.8 Å². The van der Waals surface area contributed by atoms with Crippen molar-refractivity contribution in [2.75, 3.05) is 11.9 Å². The van der Waals surface area contributed by atoms with Gasteiger partial charge in [0.1, 0.15) is 0 Å². The van der Waals surface area contributed by atoms with E-state index in [1.165, 1.54) is 38.5 Å². The molecule has 0 spiro atoms. The van der Waals surface area contributed by atoms with Crippen LogP contribution in [0.1, 0.15) is 38.5 Å². The fraction of sp³-hybridized carbons (Fsp3) is 0.500. The van der Waals surface area contributed by atoms with Crippen LogP contribution in [-0.4, -0.2) is 16.5 Å². The topological polar surface area (TPSA) is 77.8 Å². The van der Waals surface area contributed by atoms with Crippen molar-refractivity contribution in [1.82, 2.24) is 9.97 Å². The highest BCUT2D eigenvalue weighted by Gasteiger charge is 2.12. The molecular formula is C16H21N3O2. The van der Waals surface area contributed by atoms with Crippen molar-refractivity contribution in [2.45, 2.75) is 38.5 Å². The predicted octanol–water partition coefficient (Wildman–Crippen LogP) is 2.60. The summed E-state index contributed by atoms with van der Waals surface area (Å²) in [6.07, 6.45) is 7.98. The van der Waals surface area contributed by atoms with Gasteiger partial charge < -0.3 is 15.3 Å². The molecule has 2 aromatic rings. The van der Waals surface area contributed by atoms with Crippen molar-refractivity contribution in [3.05, 3.63) is 38.9 Å². The van der Waals surface area contributed by atoms with Crippen molar-refractivity contribution < 1.29 is 0 Å². The van der Waals surface area contributed by atoms with Crippen molar-refractivity contribution in [2.24, 2.45) is 5.92 Å². The molecule has 21 heavy (non-hydrogen) atoms. The third-order valence-corrected chi connectivity index (χ3v) is 4.29. The fourth-order valence-electron chi connectivity index (χ4n) is 3.06. The number of rotatable bonds is 3. The number of hydrogen-bond acceptors (Lipinski definition) is 3. The molecular weight excluding hydrogens is 266 g/mol. The highest BCUT2D eigenvalue weighted by atomic mass is 16.2. The Labute approximate surface area is 122 Å². The highest BCUT2D eigenvalue weighted by molar-refractivity contribution is 5.78. The lowest BCUT2D eigenvalue weighted by molar-refractivity contribution is 0.483. The van der Waals surface area contributed by atoms with Crippen LogP contribution in [0, 0.1) is 5.92 Å². The van der Waals surface area contributed by atoms with Gasteiger partial charge in [-0.05, 0) is 37.0 Å². The summed E-state index contributed by atoms with van der Waals surface area (Å²) in [5.74, 6) is 0.734. The maximum absolute atomic E-state index is 11.4. The van der Waals surface area contributed by atoms with Gasteiger partial charge in [0.2, 0.25) is 0 Å². The van der Waals surface area contributed by atoms with E-state index in [4.69, 9.17) is 0 Å². The van der Waals surface area contributed by atoms with Crippen LogP contribution in [-0.2, 0) is 0 Å². The first kappa shape index (κ1) is 13.9. The molecule has 3 rings (SSSR count). The van der Waals surface area contributed by atoms with Crippen molar-refractivity contribution in [3.8, 4) is 0 Å². The molecule has 112 valence electrons. The molecule has 5 nitrogen and oxygen atoms in total. The van der Waals surface area contributed by atoms with Gasteiger partial charge >= 0.3 is 11.1 Å². The smallest absolute Gasteiger partial charge is 0.314 e. The van der Waals surface area contributed by atoms with Gasteiger partial charge in [0, 0.05) is 12.2 Å². The largest absolute Gasteiger partial charge is 0.385 e. The Bertz CT molecular complexity index is 724. The maximum Gasteiger partial charge on any atom is 0.314 e. The number of hydrogen-bond donors (Lipinski definition) is 3. The summed E-state index contributed by atoms with van der Waals surface area (Å²) in [6.45, 7) is 0.971. The van der Waals surface area contributed by atoms with Crippen LogP contribution in [0.3, 0.4) is 0 Å². The average Bonchev–Trinajstić information content (AvgIpc) is 2.75. The third kappa shape index (κ3) is 3.35. The molecule has 5 heteroatoms. The number of aromatic nitrogens is 2. The van der Waals surface area contributed by atoms with Crippen molar-refractivity contribution in [3.63, 3.8) is 0 Å². The average molecular weight is 287 g/mol. The second-order valence-corrected chi connectivity index (χ2v) is 5.91. The maximum atomic E-state index is 11.4. The van der Waals surface area contributed by atoms with Gasteiger partial charge in [0.15, 0.2) is 0 Å². The normalized spacial score (nSPS) is 16.8. The number of fused-ring (bicyclic) bond motifs is 1. The van der Waals surface area contributed by atoms with Crippen molar-refractivity contribution in [1.29, 1.82) is 0 Å². The molecule has 1 aliphatic rings. The molecule has 0 saturated heterocycles. The number of H-pyrrole nitrogens is 2. The van der Waals surface area contributed by atoms with Gasteiger partial charge in [-0.15, -0.1) is 0 Å². The quantitative estimate of drug-likeness (QED) is 0.600. The van der Waals surface area contributed by atoms with Gasteiger partial charge in [0.25, 0.3) is 0 Å². The van der Waals surface area contributed by atoms with E-state index in [1.54, 1.807) is 0 Å². The molecule has 1 saturated carbocycles.